The summed E-state index contributed by atoms with van der Waals surface area (Å²) in [4.78, 5) is 37.9. The van der Waals surface area contributed by atoms with E-state index < -0.39 is 11.5 Å². The van der Waals surface area contributed by atoms with Gasteiger partial charge in [-0.2, -0.15) is 0 Å². The van der Waals surface area contributed by atoms with E-state index in [1.807, 2.05) is 50.2 Å². The van der Waals surface area contributed by atoms with E-state index >= 15 is 0 Å². The van der Waals surface area contributed by atoms with Crippen molar-refractivity contribution in [2.45, 2.75) is 45.6 Å². The highest BCUT2D eigenvalue weighted by atomic mass is 16.5. The average Bonchev–Trinajstić information content (AvgIpc) is 2.84. The third-order valence-corrected chi connectivity index (χ3v) is 6.92. The van der Waals surface area contributed by atoms with Gasteiger partial charge in [0.05, 0.1) is 24.8 Å². The van der Waals surface area contributed by atoms with Gasteiger partial charge in [-0.3, -0.25) is 9.59 Å². The number of methoxy groups -OCH3 is 1. The second-order valence-electron chi connectivity index (χ2n) is 9.45. The van der Waals surface area contributed by atoms with Gasteiger partial charge in [-0.1, -0.05) is 24.3 Å². The quantitative estimate of drug-likeness (QED) is 0.413. The number of carboxylic acids is 1. The molecule has 9 heteroatoms. The van der Waals surface area contributed by atoms with Gasteiger partial charge in [-0.25, -0.2) is 4.79 Å². The first-order valence-corrected chi connectivity index (χ1v) is 12.2. The molecule has 194 valence electrons. The molecule has 36 heavy (non-hydrogen) atoms. The maximum atomic E-state index is 12.6. The van der Waals surface area contributed by atoms with Crippen LogP contribution in [-0.2, 0) is 15.1 Å². The number of piperidine rings is 1. The molecule has 1 atom stereocenters. The third kappa shape index (κ3) is 6.75. The molecule has 1 fully saturated rings. The summed E-state index contributed by atoms with van der Waals surface area (Å²) >= 11 is 0. The number of rotatable bonds is 9. The number of amides is 3. The summed E-state index contributed by atoms with van der Waals surface area (Å²) in [5.41, 5.74) is 2.41. The number of nitrogens with zero attached hydrogens (tertiary/aromatic N) is 1. The Morgan fingerprint density at radius 2 is 1.75 bits per heavy atom. The average molecular weight is 497 g/mol. The molecule has 1 saturated heterocycles. The van der Waals surface area contributed by atoms with Crippen LogP contribution in [0.1, 0.15) is 44.2 Å². The monoisotopic (exact) mass is 496 g/mol. The molecular formula is C27H36N4O5. The SMILES string of the molecule is COc1cc(C(C)(NC(C)=O)C2CCN(CCC(=O)O)CC2)ccc1NC(=O)Nc1ccccc1C. The number of nitrogens with one attached hydrogen (secondary N) is 3. The van der Waals surface area contributed by atoms with Gasteiger partial charge in [0.1, 0.15) is 5.75 Å². The van der Waals surface area contributed by atoms with Crippen molar-refractivity contribution in [3.63, 3.8) is 0 Å². The zero-order valence-electron chi connectivity index (χ0n) is 21.4. The number of hydrogen-bond donors (Lipinski definition) is 4. The molecule has 1 aliphatic heterocycles. The second kappa shape index (κ2) is 11.9. The van der Waals surface area contributed by atoms with E-state index in [1.165, 1.54) is 6.92 Å². The number of ether oxygens (including phenoxy) is 1. The molecule has 0 saturated carbocycles. The van der Waals surface area contributed by atoms with Crippen LogP contribution in [0.3, 0.4) is 0 Å². The lowest BCUT2D eigenvalue weighted by atomic mass is 9.74. The Labute approximate surface area is 212 Å². The maximum Gasteiger partial charge on any atom is 0.323 e. The van der Waals surface area contributed by atoms with Gasteiger partial charge < -0.3 is 30.7 Å². The van der Waals surface area contributed by atoms with Gasteiger partial charge >= 0.3 is 12.0 Å². The number of carbonyl (C=O) groups is 3. The maximum absolute atomic E-state index is 12.6. The van der Waals surface area contributed by atoms with E-state index in [2.05, 4.69) is 20.9 Å². The van der Waals surface area contributed by atoms with Gasteiger partial charge in [0.25, 0.3) is 0 Å². The first-order valence-electron chi connectivity index (χ1n) is 12.2. The van der Waals surface area contributed by atoms with Gasteiger partial charge in [0, 0.05) is 19.2 Å². The Hall–Kier alpha value is -3.59. The van der Waals surface area contributed by atoms with Crippen molar-refractivity contribution in [1.29, 1.82) is 0 Å². The molecule has 2 aromatic rings. The first-order chi connectivity index (χ1) is 17.1. The van der Waals surface area contributed by atoms with Crippen LogP contribution < -0.4 is 20.7 Å². The van der Waals surface area contributed by atoms with Crippen LogP contribution in [0.2, 0.25) is 0 Å². The molecule has 1 heterocycles. The lowest BCUT2D eigenvalue weighted by molar-refractivity contribution is -0.137. The molecule has 3 amide bonds. The minimum atomic E-state index is -0.798. The molecule has 1 aliphatic rings. The van der Waals surface area contributed by atoms with E-state index in [0.29, 0.717) is 18.0 Å². The molecule has 0 spiro atoms. The summed E-state index contributed by atoms with van der Waals surface area (Å²) in [6.45, 7) is 7.50. The number of urea groups is 1. The van der Waals surface area contributed by atoms with Gasteiger partial charge in [0.15, 0.2) is 0 Å². The summed E-state index contributed by atoms with van der Waals surface area (Å²) in [7, 11) is 1.54. The molecule has 3 rings (SSSR count). The van der Waals surface area contributed by atoms with E-state index in [4.69, 9.17) is 9.84 Å². The number of para-hydroxylation sites is 1. The summed E-state index contributed by atoms with van der Waals surface area (Å²) < 4.78 is 5.60. The van der Waals surface area contributed by atoms with Gasteiger partial charge in [-0.05, 0) is 75.0 Å². The number of benzene rings is 2. The zero-order valence-corrected chi connectivity index (χ0v) is 21.4. The Bertz CT molecular complexity index is 1100. The second-order valence-corrected chi connectivity index (χ2v) is 9.45. The van der Waals surface area contributed by atoms with Crippen LogP contribution in [0.25, 0.3) is 0 Å². The summed E-state index contributed by atoms with van der Waals surface area (Å²) in [6.07, 6.45) is 1.76. The number of carbonyl (C=O) groups excluding carboxylic acids is 2. The number of aliphatic carboxylic acids is 1. The lowest BCUT2D eigenvalue weighted by Crippen LogP contribution is -2.51. The Morgan fingerprint density at radius 3 is 2.36 bits per heavy atom. The zero-order chi connectivity index (χ0) is 26.3. The van der Waals surface area contributed by atoms with E-state index in [1.54, 1.807) is 13.2 Å². The van der Waals surface area contributed by atoms with Crippen molar-refractivity contribution in [3.05, 3.63) is 53.6 Å². The molecule has 4 N–H and O–H groups in total. The van der Waals surface area contributed by atoms with Crippen molar-refractivity contribution < 1.29 is 24.2 Å². The molecule has 0 radical (unpaired) electrons. The Morgan fingerprint density at radius 1 is 1.08 bits per heavy atom. The van der Waals surface area contributed by atoms with Crippen molar-refractivity contribution in [3.8, 4) is 5.75 Å². The van der Waals surface area contributed by atoms with Crippen LogP contribution in [0.5, 0.6) is 5.75 Å². The molecular weight excluding hydrogens is 460 g/mol. The van der Waals surface area contributed by atoms with E-state index in [9.17, 15) is 14.4 Å². The highest BCUT2D eigenvalue weighted by Crippen LogP contribution is 2.39. The number of anilines is 2. The molecule has 9 nitrogen and oxygen atoms in total. The molecule has 0 bridgehead atoms. The molecule has 1 unspecified atom stereocenters. The largest absolute Gasteiger partial charge is 0.495 e. The van der Waals surface area contributed by atoms with E-state index in [-0.39, 0.29) is 24.3 Å². The Kier molecular flexibility index (Phi) is 8.93. The van der Waals surface area contributed by atoms with Crippen LogP contribution in [0, 0.1) is 12.8 Å². The number of aryl methyl sites for hydroxylation is 1. The van der Waals surface area contributed by atoms with Crippen molar-refractivity contribution in [1.82, 2.24) is 10.2 Å². The smallest absolute Gasteiger partial charge is 0.323 e. The number of likely N-dealkylation sites (tertiary alicyclic amines) is 1. The number of hydrogen-bond acceptors (Lipinski definition) is 5. The minimum Gasteiger partial charge on any atom is -0.495 e. The van der Waals surface area contributed by atoms with Crippen LogP contribution in [0.4, 0.5) is 16.2 Å². The molecule has 0 aliphatic carbocycles. The fraction of sp³-hybridized carbons (Fsp3) is 0.444. The molecule has 0 aromatic heterocycles. The fourth-order valence-corrected chi connectivity index (χ4v) is 4.87. The highest BCUT2D eigenvalue weighted by molar-refractivity contribution is 6.01. The van der Waals surface area contributed by atoms with Crippen molar-refractivity contribution in [2.24, 2.45) is 5.92 Å². The topological polar surface area (TPSA) is 120 Å². The summed E-state index contributed by atoms with van der Waals surface area (Å²) in [5.74, 6) is -0.295. The van der Waals surface area contributed by atoms with Crippen LogP contribution in [0.15, 0.2) is 42.5 Å². The fourth-order valence-electron chi connectivity index (χ4n) is 4.87. The standard InChI is InChI=1S/C27H36N4O5/c1-18-7-5-6-8-22(18)28-26(35)29-23-10-9-21(17-24(23)36-4)27(3,30-19(2)32)20-11-14-31(15-12-20)16-13-25(33)34/h5-10,17,20H,11-16H2,1-4H3,(H,30,32)(H,33,34)(H2,28,29,35). The predicted octanol–water partition coefficient (Wildman–Crippen LogP) is 4.19. The van der Waals surface area contributed by atoms with Crippen molar-refractivity contribution >= 4 is 29.3 Å². The highest BCUT2D eigenvalue weighted by Gasteiger charge is 2.39. The van der Waals surface area contributed by atoms with Crippen LogP contribution in [-0.4, -0.2) is 54.7 Å². The predicted molar refractivity (Wildman–Crippen MR) is 139 cm³/mol. The minimum absolute atomic E-state index is 0.122. The number of carboxylic acid groups (broad SMARTS) is 1. The summed E-state index contributed by atoms with van der Waals surface area (Å²) in [6, 6.07) is 12.7. The van der Waals surface area contributed by atoms with Crippen molar-refractivity contribution in [2.75, 3.05) is 37.4 Å². The first kappa shape index (κ1) is 27.0. The summed E-state index contributed by atoms with van der Waals surface area (Å²) in [5, 5.41) is 17.8. The van der Waals surface area contributed by atoms with E-state index in [0.717, 1.165) is 42.7 Å². The lowest BCUT2D eigenvalue weighted by Gasteiger charge is -2.43. The third-order valence-electron chi connectivity index (χ3n) is 6.92. The Balaban J connectivity index is 1.77. The van der Waals surface area contributed by atoms with Crippen LogP contribution >= 0.6 is 0 Å². The van der Waals surface area contributed by atoms with Gasteiger partial charge in [0.2, 0.25) is 5.91 Å². The van der Waals surface area contributed by atoms with Gasteiger partial charge in [-0.15, -0.1) is 0 Å². The normalized spacial score (nSPS) is 16.0. The molecule has 2 aromatic carbocycles.